The van der Waals surface area contributed by atoms with E-state index in [0.29, 0.717) is 73.6 Å². The molecule has 1 N–H and O–H groups in total. The lowest BCUT2D eigenvalue weighted by Crippen LogP contribution is -2.12. The largest absolute Gasteiger partial charge is 0.497 e. The summed E-state index contributed by atoms with van der Waals surface area (Å²) in [6.07, 6.45) is 29.2. The molecule has 0 saturated heterocycles. The molecule has 7 aromatic carbocycles. The molecule has 37 nitrogen and oxygen atoms in total. The average Bonchev–Trinajstić information content (AvgIpc) is 1.61. The molecule has 7 heterocycles. The third-order valence-electron chi connectivity index (χ3n) is 17.3. The first-order valence-electron chi connectivity index (χ1n) is 43.2. The van der Waals surface area contributed by atoms with Gasteiger partial charge in [-0.15, -0.1) is 35.6 Å². The fourth-order valence-electron chi connectivity index (χ4n) is 11.8. The zero-order valence-electron chi connectivity index (χ0n) is 79.8. The first kappa shape index (κ1) is 109. The van der Waals surface area contributed by atoms with Gasteiger partial charge in [-0.05, 0) is 247 Å². The molecule has 0 spiro atoms. The first-order valence-corrected chi connectivity index (χ1v) is 44.4. The number of hydrogen-bond donors (Lipinski definition) is 1. The van der Waals surface area contributed by atoms with Crippen molar-refractivity contribution in [3.8, 4) is 97.5 Å². The van der Waals surface area contributed by atoms with Crippen LogP contribution in [0.2, 0.25) is 15.1 Å². The lowest BCUT2D eigenvalue weighted by atomic mass is 10.1. The van der Waals surface area contributed by atoms with Gasteiger partial charge < -0.3 is 47.9 Å². The third-order valence-corrected chi connectivity index (χ3v) is 18.0. The van der Waals surface area contributed by atoms with Crippen molar-refractivity contribution in [1.82, 2.24) is 98.6 Å². The van der Waals surface area contributed by atoms with Crippen LogP contribution in [0.1, 0.15) is 91.5 Å². The average molecular weight is 2000 g/mol. The van der Waals surface area contributed by atoms with Crippen molar-refractivity contribution in [2.75, 3.05) is 32.8 Å². The molecule has 0 aliphatic rings. The molecule has 142 heavy (non-hydrogen) atoms. The molecular formula is C99H99Cl3F3N23O14. The van der Waals surface area contributed by atoms with E-state index in [-0.39, 0.29) is 42.2 Å². The normalized spacial score (nSPS) is 11.3. The van der Waals surface area contributed by atoms with Gasteiger partial charge >= 0.3 is 29.8 Å². The fraction of sp³-hybridized carbons (Fsp3) is 0.222. The van der Waals surface area contributed by atoms with Gasteiger partial charge in [-0.3, -0.25) is 0 Å². The Bertz CT molecular complexity index is 6730. The number of rotatable bonds is 30. The molecule has 14 rings (SSSR count). The molecule has 736 valence electrons. The van der Waals surface area contributed by atoms with Crippen LogP contribution in [-0.2, 0) is 52.4 Å². The third kappa shape index (κ3) is 37.5. The molecule has 0 bridgehead atoms. The minimum absolute atomic E-state index is 0.0761. The second-order valence-corrected chi connectivity index (χ2v) is 32.0. The van der Waals surface area contributed by atoms with E-state index in [0.717, 1.165) is 90.7 Å². The number of aliphatic imine (C=N–C) groups is 1. The number of ether oxygens (including phenoxy) is 9. The highest BCUT2D eigenvalue weighted by Crippen LogP contribution is 2.32. The van der Waals surface area contributed by atoms with Gasteiger partial charge in [0, 0.05) is 127 Å². The predicted molar refractivity (Wildman–Crippen MR) is 530 cm³/mol. The molecular weight excluding hydrogens is 1900 g/mol. The topological polar surface area (TPSA) is 427 Å². The van der Waals surface area contributed by atoms with Gasteiger partial charge in [0.25, 0.3) is 0 Å². The van der Waals surface area contributed by atoms with E-state index in [9.17, 15) is 37.1 Å². The highest BCUT2D eigenvalue weighted by atomic mass is 35.5. The maximum Gasteiger partial charge on any atom is 0.369 e. The smallest absolute Gasteiger partial charge is 0.369 e. The molecule has 0 aliphatic carbocycles. The number of aromatic nitrogens is 20. The maximum absolute atomic E-state index is 13.7. The molecule has 43 heteroatoms. The molecule has 14 aromatic rings. The Morgan fingerprint density at radius 2 is 0.761 bits per heavy atom. The van der Waals surface area contributed by atoms with Crippen molar-refractivity contribution in [2.45, 2.75) is 121 Å². The number of aryl methyl sites for hydroxylation is 4. The molecule has 0 aliphatic heterocycles. The molecule has 0 unspecified atom stereocenters. The zero-order chi connectivity index (χ0) is 103. The minimum Gasteiger partial charge on any atom is -0.497 e. The van der Waals surface area contributed by atoms with Gasteiger partial charge in [-0.25, -0.2) is 101 Å². The van der Waals surface area contributed by atoms with Crippen molar-refractivity contribution in [2.24, 2.45) is 4.99 Å². The van der Waals surface area contributed by atoms with Crippen LogP contribution in [0.3, 0.4) is 0 Å². The highest BCUT2D eigenvalue weighted by Gasteiger charge is 2.18. The minimum atomic E-state index is -1.04. The number of nitrogens with one attached hydrogen (secondary N) is 1. The number of halogens is 6. The SMILES string of the molecule is CCOC(=O)/C=C\n1cnc(-c2cc(Cl)cc(Cl)c2)n1.CCOC(=O)/C=C\n1cnc(-c2cc(F)cc(F)c2)n1.COc1cc(C)cc(-c2ncn(/C=C(/F)C(=O)OC(C)C)n2)c1.COc1cc(C)cc(-c2ncn(/C=C\C(=NC#N)OC(C)C)n2)c1.Cc1cc(Nc2ccc(Cl)cc2)cc(-c2ncn(/C=C\C(=O)OC(C)C)n2)c1.Cc1cc(Oc2cncnc2)cc(-c2ncn(/C=C\C(=O)OC(C)C)n2)c1. The van der Waals surface area contributed by atoms with E-state index in [1.807, 2.05) is 133 Å². The Kier molecular flexibility index (Phi) is 42.0. The summed E-state index contributed by atoms with van der Waals surface area (Å²) >= 11 is 17.8. The van der Waals surface area contributed by atoms with Crippen LogP contribution in [0.4, 0.5) is 24.5 Å². The number of esters is 5. The summed E-state index contributed by atoms with van der Waals surface area (Å²) in [7, 11) is 3.20. The standard InChI is InChI=1S/C21H21ClN4O2.C19H19N5O3.C17H19N5O2.C16H18FN3O3.C13H11Cl2N3O2.C13H11F2N3O2/c1-14(2)28-20(27)8-9-26-13-23-21(25-26)16-10-15(3)11-19(12-16)24-18-6-4-17(22)5-7-18;1-13(2)26-18(25)4-5-24-12-22-19(23-24)15-6-14(3)7-16(8-15)27-17-9-20-11-21-10-17;1-12(2)24-16(19-10-18)5-6-22-11-20-17(21-22)14-7-13(3)8-15(9-14)23-4;1-10(2)23-16(21)14(17)8-20-9-18-15(19-20)12-5-11(3)6-13(7-12)22-4;2*1-2-20-12(19)3-4-18-8-16-13(17-18)9-5-10(14)7-11(15)6-9/h4-14,24H,1-3H3;4-13H,1-3H3;5-9,11-12H,1-4H3;5-10H,1-4H3;2*3-8H,2H2,1H3/b9-8-;5-4-;6-5-,19-16?;14-8+;2*4-3-. The van der Waals surface area contributed by atoms with E-state index in [1.165, 1.54) is 104 Å². The fourth-order valence-corrected chi connectivity index (χ4v) is 12.4. The van der Waals surface area contributed by atoms with E-state index >= 15 is 0 Å². The molecule has 7 aromatic heterocycles. The molecule has 0 atom stereocenters. The molecule has 0 radical (unpaired) electrons. The van der Waals surface area contributed by atoms with Gasteiger partial charge in [0.05, 0.1) is 70.4 Å². The van der Waals surface area contributed by atoms with Crippen LogP contribution in [-0.4, -0.2) is 186 Å². The van der Waals surface area contributed by atoms with E-state index < -0.39 is 53.4 Å². The van der Waals surface area contributed by atoms with E-state index in [1.54, 1.807) is 137 Å². The number of nitriles is 1. The number of hydrogen-bond acceptors (Lipinski definition) is 31. The summed E-state index contributed by atoms with van der Waals surface area (Å²) in [5, 5.41) is 39.1. The first-order chi connectivity index (χ1) is 67.9. The Morgan fingerprint density at radius 1 is 0.408 bits per heavy atom. The summed E-state index contributed by atoms with van der Waals surface area (Å²) in [6.45, 7) is 26.1. The highest BCUT2D eigenvalue weighted by molar-refractivity contribution is 6.35. The monoisotopic (exact) mass is 2000 g/mol. The van der Waals surface area contributed by atoms with Crippen molar-refractivity contribution in [3.05, 3.63) is 275 Å². The van der Waals surface area contributed by atoms with E-state index in [2.05, 4.69) is 80.8 Å². The van der Waals surface area contributed by atoms with Gasteiger partial charge in [0.15, 0.2) is 40.7 Å². The van der Waals surface area contributed by atoms with Gasteiger partial charge in [0.2, 0.25) is 17.9 Å². The van der Waals surface area contributed by atoms with Gasteiger partial charge in [-0.1, -0.05) is 34.8 Å². The number of carbonyl (C=O) groups is 5. The summed E-state index contributed by atoms with van der Waals surface area (Å²) in [5.41, 5.74) is 10.1. The van der Waals surface area contributed by atoms with E-state index in [4.69, 9.17) is 82.7 Å². The summed E-state index contributed by atoms with van der Waals surface area (Å²) < 4.78 is 94.1. The summed E-state index contributed by atoms with van der Waals surface area (Å²) in [5.74, 6) is 0.185. The van der Waals surface area contributed by atoms with Crippen molar-refractivity contribution >= 4 is 119 Å². The van der Waals surface area contributed by atoms with Crippen molar-refractivity contribution in [3.63, 3.8) is 0 Å². The number of anilines is 2. The second kappa shape index (κ2) is 54.9. The zero-order valence-corrected chi connectivity index (χ0v) is 82.1. The predicted octanol–water partition coefficient (Wildman–Crippen LogP) is 19.9. The number of methoxy groups -OCH3 is 2. The Balaban J connectivity index is 0.000000191. The van der Waals surface area contributed by atoms with Crippen LogP contribution in [0, 0.1) is 50.8 Å². The molecule has 0 fully saturated rings. The van der Waals surface area contributed by atoms with Gasteiger partial charge in [-0.2, -0.15) is 9.65 Å². The molecule has 0 amide bonds. The van der Waals surface area contributed by atoms with Crippen LogP contribution >= 0.6 is 34.8 Å². The number of nitrogens with zero attached hydrogens (tertiary/aromatic N) is 22. The second-order valence-electron chi connectivity index (χ2n) is 30.7. The lowest BCUT2D eigenvalue weighted by molar-refractivity contribution is -0.144. The van der Waals surface area contributed by atoms with Crippen molar-refractivity contribution < 1.29 is 79.8 Å². The van der Waals surface area contributed by atoms with Crippen molar-refractivity contribution in [1.29, 1.82) is 5.26 Å². The Hall–Kier alpha value is -16.9. The number of benzene rings is 7. The molecule has 0 saturated carbocycles. The van der Waals surface area contributed by atoms with Crippen LogP contribution < -0.4 is 19.5 Å². The Morgan fingerprint density at radius 3 is 1.15 bits per heavy atom. The quantitative estimate of drug-likeness (QED) is 0.0109. The van der Waals surface area contributed by atoms with Crippen LogP contribution in [0.5, 0.6) is 23.0 Å². The summed E-state index contributed by atoms with van der Waals surface area (Å²) in [4.78, 5) is 93.4. The Labute approximate surface area is 830 Å². The van der Waals surface area contributed by atoms with Crippen LogP contribution in [0.25, 0.3) is 106 Å². The van der Waals surface area contributed by atoms with Crippen LogP contribution in [0.15, 0.2) is 231 Å². The summed E-state index contributed by atoms with van der Waals surface area (Å²) in [6, 6.07) is 38.6. The lowest BCUT2D eigenvalue weighted by Gasteiger charge is -2.09. The maximum atomic E-state index is 13.7. The van der Waals surface area contributed by atoms with Gasteiger partial charge in [0.1, 0.15) is 73.2 Å². The number of carbonyl (C=O) groups excluding carboxylic acids is 5.